The van der Waals surface area contributed by atoms with E-state index in [4.69, 9.17) is 14.2 Å². The van der Waals surface area contributed by atoms with Crippen molar-refractivity contribution in [1.82, 2.24) is 5.32 Å². The maximum absolute atomic E-state index is 11.7. The summed E-state index contributed by atoms with van der Waals surface area (Å²) in [5.74, 6) is 0.421. The van der Waals surface area contributed by atoms with Gasteiger partial charge in [-0.05, 0) is 17.7 Å². The largest absolute Gasteiger partial charge is 0.497 e. The molecule has 1 unspecified atom stereocenters. The molecule has 0 radical (unpaired) electrons. The molecule has 0 spiro atoms. The summed E-state index contributed by atoms with van der Waals surface area (Å²) in [5, 5.41) is 3.09. The molecule has 0 amide bonds. The Hall–Kier alpha value is -1.59. The second-order valence-electron chi connectivity index (χ2n) is 4.02. The Labute approximate surface area is 106 Å². The number of benzene rings is 1. The molecule has 0 aromatic heterocycles. The summed E-state index contributed by atoms with van der Waals surface area (Å²) in [6.45, 7) is 2.06. The fraction of sp³-hybridized carbons (Fsp3) is 0.462. The van der Waals surface area contributed by atoms with E-state index in [1.54, 1.807) is 7.11 Å². The van der Waals surface area contributed by atoms with E-state index in [2.05, 4.69) is 5.32 Å². The van der Waals surface area contributed by atoms with Crippen molar-refractivity contribution in [2.45, 2.75) is 12.7 Å². The first-order valence-electron chi connectivity index (χ1n) is 5.91. The molecular formula is C13H17NO4. The van der Waals surface area contributed by atoms with Crippen LogP contribution in [0.5, 0.6) is 5.75 Å². The van der Waals surface area contributed by atoms with Crippen molar-refractivity contribution in [3.8, 4) is 5.75 Å². The van der Waals surface area contributed by atoms with Gasteiger partial charge in [-0.3, -0.25) is 0 Å². The van der Waals surface area contributed by atoms with Crippen LogP contribution in [0.2, 0.25) is 0 Å². The summed E-state index contributed by atoms with van der Waals surface area (Å²) >= 11 is 0. The van der Waals surface area contributed by atoms with E-state index in [9.17, 15) is 4.79 Å². The van der Waals surface area contributed by atoms with Crippen LogP contribution in [0.3, 0.4) is 0 Å². The second-order valence-corrected chi connectivity index (χ2v) is 4.02. The molecule has 1 heterocycles. The molecule has 0 saturated carbocycles. The monoisotopic (exact) mass is 251 g/mol. The zero-order chi connectivity index (χ0) is 12.8. The van der Waals surface area contributed by atoms with Crippen molar-refractivity contribution in [2.24, 2.45) is 0 Å². The Morgan fingerprint density at radius 3 is 3.17 bits per heavy atom. The smallest absolute Gasteiger partial charge is 0.336 e. The summed E-state index contributed by atoms with van der Waals surface area (Å²) in [6.07, 6.45) is -0.496. The molecule has 1 atom stereocenters. The molecule has 1 aliphatic heterocycles. The third-order valence-electron chi connectivity index (χ3n) is 2.71. The first kappa shape index (κ1) is 12.9. The number of nitrogens with one attached hydrogen (secondary N) is 1. The topological polar surface area (TPSA) is 56.8 Å². The van der Waals surface area contributed by atoms with E-state index in [0.717, 1.165) is 17.9 Å². The zero-order valence-corrected chi connectivity index (χ0v) is 10.3. The van der Waals surface area contributed by atoms with Gasteiger partial charge in [0.1, 0.15) is 12.4 Å². The van der Waals surface area contributed by atoms with Crippen molar-refractivity contribution in [2.75, 3.05) is 26.8 Å². The molecule has 1 saturated heterocycles. The molecule has 18 heavy (non-hydrogen) atoms. The first-order valence-corrected chi connectivity index (χ1v) is 5.91. The Morgan fingerprint density at radius 2 is 2.44 bits per heavy atom. The van der Waals surface area contributed by atoms with Gasteiger partial charge in [-0.2, -0.15) is 0 Å². The lowest BCUT2D eigenvalue weighted by Gasteiger charge is -2.21. The maximum atomic E-state index is 11.7. The summed E-state index contributed by atoms with van der Waals surface area (Å²) in [4.78, 5) is 11.7. The van der Waals surface area contributed by atoms with E-state index in [0.29, 0.717) is 13.2 Å². The zero-order valence-electron chi connectivity index (χ0n) is 10.3. The molecule has 1 aromatic rings. The van der Waals surface area contributed by atoms with Gasteiger partial charge in [0, 0.05) is 13.1 Å². The summed E-state index contributed by atoms with van der Waals surface area (Å²) < 4.78 is 15.6. The average molecular weight is 251 g/mol. The predicted octanol–water partition coefficient (Wildman–Crippen LogP) is 0.727. The Morgan fingerprint density at radius 1 is 1.56 bits per heavy atom. The molecule has 1 N–H and O–H groups in total. The first-order chi connectivity index (χ1) is 8.79. The molecule has 1 aliphatic rings. The van der Waals surface area contributed by atoms with Gasteiger partial charge in [-0.15, -0.1) is 0 Å². The number of ether oxygens (including phenoxy) is 3. The Kier molecular flexibility index (Phi) is 4.55. The Balaban J connectivity index is 1.84. The molecule has 5 nitrogen and oxygen atoms in total. The normalized spacial score (nSPS) is 19.3. The number of rotatable bonds is 4. The number of methoxy groups -OCH3 is 1. The quantitative estimate of drug-likeness (QED) is 0.799. The minimum Gasteiger partial charge on any atom is -0.497 e. The predicted molar refractivity (Wildman–Crippen MR) is 65.4 cm³/mol. The van der Waals surface area contributed by atoms with E-state index < -0.39 is 6.10 Å². The summed E-state index contributed by atoms with van der Waals surface area (Å²) in [6, 6.07) is 7.43. The van der Waals surface area contributed by atoms with Crippen molar-refractivity contribution < 1.29 is 19.0 Å². The third-order valence-corrected chi connectivity index (χ3v) is 2.71. The Bertz CT molecular complexity index is 402. The van der Waals surface area contributed by atoms with Crippen LogP contribution in [0.25, 0.3) is 0 Å². The van der Waals surface area contributed by atoms with Crippen LogP contribution in [-0.4, -0.2) is 38.9 Å². The summed E-state index contributed by atoms with van der Waals surface area (Å²) in [5.41, 5.74) is 0.895. The van der Waals surface area contributed by atoms with E-state index in [1.807, 2.05) is 24.3 Å². The van der Waals surface area contributed by atoms with Crippen LogP contribution in [0.4, 0.5) is 0 Å². The molecule has 2 rings (SSSR count). The molecule has 1 fully saturated rings. The van der Waals surface area contributed by atoms with Gasteiger partial charge in [-0.1, -0.05) is 12.1 Å². The van der Waals surface area contributed by atoms with E-state index in [1.165, 1.54) is 0 Å². The SMILES string of the molecule is COc1cccc(COC(=O)C2CNCCO2)c1. The minimum absolute atomic E-state index is 0.232. The van der Waals surface area contributed by atoms with Gasteiger partial charge in [0.2, 0.25) is 0 Å². The highest BCUT2D eigenvalue weighted by atomic mass is 16.6. The third kappa shape index (κ3) is 3.45. The van der Waals surface area contributed by atoms with E-state index in [-0.39, 0.29) is 12.6 Å². The van der Waals surface area contributed by atoms with Gasteiger partial charge >= 0.3 is 5.97 Å². The molecule has 0 bridgehead atoms. The fourth-order valence-corrected chi connectivity index (χ4v) is 1.73. The van der Waals surface area contributed by atoms with Gasteiger partial charge in [-0.25, -0.2) is 4.79 Å². The maximum Gasteiger partial charge on any atom is 0.336 e. The van der Waals surface area contributed by atoms with Crippen LogP contribution in [0, 0.1) is 0 Å². The highest BCUT2D eigenvalue weighted by molar-refractivity contribution is 5.75. The molecule has 5 heteroatoms. The standard InChI is InChI=1S/C13H17NO4/c1-16-11-4-2-3-10(7-11)9-18-13(15)12-8-14-5-6-17-12/h2-4,7,12,14H,5-6,8-9H2,1H3. The van der Waals surface area contributed by atoms with Crippen molar-refractivity contribution in [3.05, 3.63) is 29.8 Å². The van der Waals surface area contributed by atoms with Gasteiger partial charge in [0.05, 0.1) is 13.7 Å². The molecule has 98 valence electrons. The number of morpholine rings is 1. The molecular weight excluding hydrogens is 234 g/mol. The number of hydrogen-bond donors (Lipinski definition) is 1. The van der Waals surface area contributed by atoms with E-state index >= 15 is 0 Å². The number of esters is 1. The lowest BCUT2D eigenvalue weighted by Crippen LogP contribution is -2.43. The lowest BCUT2D eigenvalue weighted by atomic mass is 10.2. The van der Waals surface area contributed by atoms with Gasteiger partial charge < -0.3 is 19.5 Å². The number of carbonyl (C=O) groups excluding carboxylic acids is 1. The van der Waals surface area contributed by atoms with Crippen molar-refractivity contribution >= 4 is 5.97 Å². The average Bonchev–Trinajstić information content (AvgIpc) is 2.46. The van der Waals surface area contributed by atoms with Crippen molar-refractivity contribution in [3.63, 3.8) is 0 Å². The number of hydrogen-bond acceptors (Lipinski definition) is 5. The van der Waals surface area contributed by atoms with Crippen LogP contribution in [0.1, 0.15) is 5.56 Å². The summed E-state index contributed by atoms with van der Waals surface area (Å²) in [7, 11) is 1.60. The molecule has 0 aliphatic carbocycles. The van der Waals surface area contributed by atoms with Crippen LogP contribution < -0.4 is 10.1 Å². The van der Waals surface area contributed by atoms with Crippen LogP contribution in [-0.2, 0) is 20.9 Å². The highest BCUT2D eigenvalue weighted by Crippen LogP contribution is 2.13. The minimum atomic E-state index is -0.496. The van der Waals surface area contributed by atoms with Crippen LogP contribution >= 0.6 is 0 Å². The second kappa shape index (κ2) is 6.37. The van der Waals surface area contributed by atoms with Crippen molar-refractivity contribution in [1.29, 1.82) is 0 Å². The van der Waals surface area contributed by atoms with Gasteiger partial charge in [0.25, 0.3) is 0 Å². The van der Waals surface area contributed by atoms with Gasteiger partial charge in [0.15, 0.2) is 6.10 Å². The van der Waals surface area contributed by atoms with Crippen LogP contribution in [0.15, 0.2) is 24.3 Å². The number of carbonyl (C=O) groups is 1. The fourth-order valence-electron chi connectivity index (χ4n) is 1.73. The lowest BCUT2D eigenvalue weighted by molar-refractivity contribution is -0.160. The highest BCUT2D eigenvalue weighted by Gasteiger charge is 2.23. The molecule has 1 aromatic carbocycles.